The van der Waals surface area contributed by atoms with Gasteiger partial charge in [-0.25, -0.2) is 4.99 Å². The first-order valence-electron chi connectivity index (χ1n) is 12.0. The second kappa shape index (κ2) is 13.2. The summed E-state index contributed by atoms with van der Waals surface area (Å²) in [6.45, 7) is 11.6. The Hall–Kier alpha value is -2.58. The van der Waals surface area contributed by atoms with E-state index < -0.39 is 0 Å². The van der Waals surface area contributed by atoms with Crippen LogP contribution in [0.5, 0.6) is 11.5 Å². The third-order valence-electron chi connectivity index (χ3n) is 6.22. The standard InChI is InChI=1S/C25H39N5O3/c1-5-24(30-16-11-21(31-3)12-17-30)28-25(26-2)27-20-9-10-22(32-4)23(19-20)33-18-8-15-29-13-6-7-14-29/h5,9-10,19,21H,2,6-8,11-18H2,1,3-4H3,(H,27,28)/b24-5+. The van der Waals surface area contributed by atoms with Crippen LogP contribution < -0.4 is 14.8 Å². The summed E-state index contributed by atoms with van der Waals surface area (Å²) in [4.78, 5) is 13.6. The molecule has 2 aliphatic rings. The fourth-order valence-corrected chi connectivity index (χ4v) is 4.32. The molecule has 0 aromatic heterocycles. The van der Waals surface area contributed by atoms with Gasteiger partial charge in [0.1, 0.15) is 5.82 Å². The molecule has 0 spiro atoms. The predicted molar refractivity (Wildman–Crippen MR) is 135 cm³/mol. The number of benzene rings is 1. The fraction of sp³-hybridized carbons (Fsp3) is 0.600. The molecule has 1 aromatic rings. The Morgan fingerprint density at radius 1 is 1.15 bits per heavy atom. The molecule has 182 valence electrons. The molecule has 3 rings (SSSR count). The predicted octanol–water partition coefficient (Wildman–Crippen LogP) is 4.00. The summed E-state index contributed by atoms with van der Waals surface area (Å²) in [6, 6.07) is 5.75. The van der Waals surface area contributed by atoms with Crippen LogP contribution in [-0.2, 0) is 4.74 Å². The highest BCUT2D eigenvalue weighted by Crippen LogP contribution is 2.30. The lowest BCUT2D eigenvalue weighted by molar-refractivity contribution is 0.0500. The van der Waals surface area contributed by atoms with Crippen molar-refractivity contribution >= 4 is 18.4 Å². The zero-order valence-electron chi connectivity index (χ0n) is 20.4. The third kappa shape index (κ3) is 7.47. The zero-order chi connectivity index (χ0) is 23.5. The van der Waals surface area contributed by atoms with E-state index >= 15 is 0 Å². The number of anilines is 1. The summed E-state index contributed by atoms with van der Waals surface area (Å²) in [6.07, 6.45) is 7.92. The first-order valence-corrected chi connectivity index (χ1v) is 12.0. The Balaban J connectivity index is 1.61. The molecule has 0 bridgehead atoms. The Bertz CT molecular complexity index is 812. The Morgan fingerprint density at radius 2 is 1.91 bits per heavy atom. The van der Waals surface area contributed by atoms with E-state index in [0.717, 1.165) is 50.4 Å². The Labute approximate surface area is 198 Å². The van der Waals surface area contributed by atoms with Crippen molar-refractivity contribution in [1.82, 2.24) is 9.80 Å². The number of hydrogen-bond acceptors (Lipinski definition) is 6. The van der Waals surface area contributed by atoms with Crippen LogP contribution in [0.3, 0.4) is 0 Å². The topological polar surface area (TPSA) is 70.9 Å². The maximum absolute atomic E-state index is 6.05. The molecule has 0 atom stereocenters. The number of aliphatic imine (C=N–C) groups is 2. The van der Waals surface area contributed by atoms with E-state index in [2.05, 4.69) is 26.8 Å². The van der Waals surface area contributed by atoms with Gasteiger partial charge in [0.05, 0.1) is 19.8 Å². The van der Waals surface area contributed by atoms with Crippen molar-refractivity contribution in [1.29, 1.82) is 0 Å². The van der Waals surface area contributed by atoms with Gasteiger partial charge in [-0.3, -0.25) is 0 Å². The largest absolute Gasteiger partial charge is 0.493 e. The highest BCUT2D eigenvalue weighted by molar-refractivity contribution is 5.97. The normalized spacial score (nSPS) is 18.5. The van der Waals surface area contributed by atoms with Crippen molar-refractivity contribution in [3.63, 3.8) is 0 Å². The van der Waals surface area contributed by atoms with Gasteiger partial charge < -0.3 is 29.3 Å². The lowest BCUT2D eigenvalue weighted by Gasteiger charge is -2.32. The first kappa shape index (κ1) is 25.1. The number of hydrogen-bond donors (Lipinski definition) is 1. The smallest absolute Gasteiger partial charge is 0.228 e. The highest BCUT2D eigenvalue weighted by atomic mass is 16.5. The summed E-state index contributed by atoms with van der Waals surface area (Å²) >= 11 is 0. The van der Waals surface area contributed by atoms with E-state index in [9.17, 15) is 0 Å². The minimum atomic E-state index is 0.325. The average molecular weight is 458 g/mol. The van der Waals surface area contributed by atoms with E-state index in [4.69, 9.17) is 19.2 Å². The van der Waals surface area contributed by atoms with Crippen LogP contribution in [0.2, 0.25) is 0 Å². The molecule has 2 aliphatic heterocycles. The fourth-order valence-electron chi connectivity index (χ4n) is 4.32. The summed E-state index contributed by atoms with van der Waals surface area (Å²) in [7, 11) is 3.43. The van der Waals surface area contributed by atoms with E-state index in [-0.39, 0.29) is 0 Å². The molecule has 2 fully saturated rings. The van der Waals surface area contributed by atoms with Crippen molar-refractivity contribution in [3.05, 3.63) is 30.1 Å². The van der Waals surface area contributed by atoms with Crippen molar-refractivity contribution in [2.24, 2.45) is 9.98 Å². The number of allylic oxidation sites excluding steroid dienone is 1. The third-order valence-corrected chi connectivity index (χ3v) is 6.22. The summed E-state index contributed by atoms with van der Waals surface area (Å²) < 4.78 is 17.0. The average Bonchev–Trinajstić information content (AvgIpc) is 3.38. The number of nitrogens with one attached hydrogen (secondary N) is 1. The number of rotatable bonds is 10. The Morgan fingerprint density at radius 3 is 2.55 bits per heavy atom. The lowest BCUT2D eigenvalue weighted by atomic mass is 10.1. The zero-order valence-corrected chi connectivity index (χ0v) is 20.4. The molecule has 0 unspecified atom stereocenters. The van der Waals surface area contributed by atoms with Crippen LogP contribution in [0.1, 0.15) is 39.0 Å². The summed E-state index contributed by atoms with van der Waals surface area (Å²) in [5.74, 6) is 2.75. The summed E-state index contributed by atoms with van der Waals surface area (Å²) in [5, 5.41) is 3.26. The molecule has 0 radical (unpaired) electrons. The van der Waals surface area contributed by atoms with Gasteiger partial charge in [-0.2, -0.15) is 4.99 Å². The van der Waals surface area contributed by atoms with Gasteiger partial charge in [0.15, 0.2) is 11.5 Å². The van der Waals surface area contributed by atoms with Crippen LogP contribution in [0.15, 0.2) is 40.1 Å². The van der Waals surface area contributed by atoms with Gasteiger partial charge in [0.25, 0.3) is 0 Å². The van der Waals surface area contributed by atoms with Crippen LogP contribution in [0.4, 0.5) is 5.69 Å². The molecule has 2 saturated heterocycles. The van der Waals surface area contributed by atoms with Crippen LogP contribution >= 0.6 is 0 Å². The Kier molecular flexibility index (Phi) is 10.0. The number of ether oxygens (including phenoxy) is 3. The van der Waals surface area contributed by atoms with Crippen LogP contribution in [0, 0.1) is 0 Å². The number of nitrogens with zero attached hydrogens (tertiary/aromatic N) is 4. The molecule has 0 saturated carbocycles. The number of likely N-dealkylation sites (tertiary alicyclic amines) is 2. The second-order valence-corrected chi connectivity index (χ2v) is 8.40. The van der Waals surface area contributed by atoms with Gasteiger partial charge in [0, 0.05) is 38.5 Å². The maximum Gasteiger partial charge on any atom is 0.228 e. The molecule has 0 amide bonds. The van der Waals surface area contributed by atoms with Crippen LogP contribution in [0.25, 0.3) is 0 Å². The molecule has 8 nitrogen and oxygen atoms in total. The van der Waals surface area contributed by atoms with Gasteiger partial charge in [-0.1, -0.05) is 0 Å². The summed E-state index contributed by atoms with van der Waals surface area (Å²) in [5.41, 5.74) is 0.824. The van der Waals surface area contributed by atoms with Crippen molar-refractivity contribution in [2.45, 2.75) is 45.1 Å². The minimum Gasteiger partial charge on any atom is -0.493 e. The molecular weight excluding hydrogens is 418 g/mol. The number of guanidine groups is 1. The van der Waals surface area contributed by atoms with E-state index in [1.54, 1.807) is 14.2 Å². The van der Waals surface area contributed by atoms with Gasteiger partial charge in [-0.05, 0) is 77.0 Å². The van der Waals surface area contributed by atoms with Crippen molar-refractivity contribution in [3.8, 4) is 11.5 Å². The van der Waals surface area contributed by atoms with Gasteiger partial charge >= 0.3 is 0 Å². The minimum absolute atomic E-state index is 0.325. The maximum atomic E-state index is 6.05. The quantitative estimate of drug-likeness (QED) is 0.325. The highest BCUT2D eigenvalue weighted by Gasteiger charge is 2.20. The van der Waals surface area contributed by atoms with Gasteiger partial charge in [-0.15, -0.1) is 0 Å². The molecule has 0 aliphatic carbocycles. The monoisotopic (exact) mass is 457 g/mol. The molecule has 33 heavy (non-hydrogen) atoms. The van der Waals surface area contributed by atoms with Crippen molar-refractivity contribution in [2.75, 3.05) is 58.9 Å². The van der Waals surface area contributed by atoms with Gasteiger partial charge in [0.2, 0.25) is 5.96 Å². The molecule has 1 N–H and O–H groups in total. The molecule has 1 aromatic carbocycles. The first-order chi connectivity index (χ1) is 16.2. The SMILES string of the molecule is C=N/C(=N\C(=C/C)N1CCC(OC)CC1)Nc1ccc(OC)c(OCCCN2CCCC2)c1. The molecular formula is C25H39N5O3. The van der Waals surface area contributed by atoms with E-state index in [0.29, 0.717) is 30.2 Å². The second-order valence-electron chi connectivity index (χ2n) is 8.40. The lowest BCUT2D eigenvalue weighted by Crippen LogP contribution is -2.36. The molecule has 8 heteroatoms. The van der Waals surface area contributed by atoms with E-state index in [1.807, 2.05) is 31.2 Å². The van der Waals surface area contributed by atoms with Crippen LogP contribution in [-0.4, -0.2) is 82.1 Å². The number of methoxy groups -OCH3 is 2. The molecule has 2 heterocycles. The number of piperidine rings is 1. The van der Waals surface area contributed by atoms with E-state index in [1.165, 1.54) is 25.9 Å². The van der Waals surface area contributed by atoms with Crippen molar-refractivity contribution < 1.29 is 14.2 Å².